The second-order valence-corrected chi connectivity index (χ2v) is 7.55. The van der Waals surface area contributed by atoms with Crippen molar-refractivity contribution in [2.24, 2.45) is 0 Å². The fourth-order valence-corrected chi connectivity index (χ4v) is 3.80. The lowest BCUT2D eigenvalue weighted by atomic mass is 10.1. The van der Waals surface area contributed by atoms with E-state index in [4.69, 9.17) is 4.42 Å². The maximum Gasteiger partial charge on any atom is 0.424 e. The molecule has 0 unspecified atom stereocenters. The van der Waals surface area contributed by atoms with Gasteiger partial charge in [0.2, 0.25) is 0 Å². The average Bonchev–Trinajstić information content (AvgIpc) is 3.24. The van der Waals surface area contributed by atoms with Crippen molar-refractivity contribution in [3.05, 3.63) is 93.6 Å². The largest absolute Gasteiger partial charge is 0.424 e. The summed E-state index contributed by atoms with van der Waals surface area (Å²) in [4.78, 5) is 18.0. The number of oxazole rings is 1. The number of rotatable bonds is 3. The van der Waals surface area contributed by atoms with E-state index in [-0.39, 0.29) is 0 Å². The molecular weight excluding hydrogens is 374 g/mol. The van der Waals surface area contributed by atoms with Crippen LogP contribution in [0.1, 0.15) is 5.56 Å². The number of aromatic amines is 1. The Hall–Kier alpha value is -3.99. The van der Waals surface area contributed by atoms with Crippen molar-refractivity contribution < 1.29 is 4.42 Å². The molecule has 0 saturated heterocycles. The second kappa shape index (κ2) is 6.81. The zero-order valence-corrected chi connectivity index (χ0v) is 16.8. The first kappa shape index (κ1) is 18.1. The van der Waals surface area contributed by atoms with Crippen LogP contribution in [0.2, 0.25) is 0 Å². The van der Waals surface area contributed by atoms with Crippen LogP contribution < -0.4 is 21.4 Å². The third-order valence-electron chi connectivity index (χ3n) is 5.39. The molecule has 0 spiro atoms. The molecule has 0 radical (unpaired) electrons. The molecule has 0 aliphatic heterocycles. The zero-order valence-electron chi connectivity index (χ0n) is 16.8. The van der Waals surface area contributed by atoms with E-state index in [1.807, 2.05) is 73.6 Å². The van der Waals surface area contributed by atoms with E-state index in [1.54, 1.807) is 0 Å². The molecule has 3 aromatic carbocycles. The summed E-state index contributed by atoms with van der Waals surface area (Å²) in [6.45, 7) is 4.10. The van der Waals surface area contributed by atoms with Gasteiger partial charge in [-0.15, -0.1) is 0 Å². The third kappa shape index (κ3) is 2.92. The summed E-state index contributed by atoms with van der Waals surface area (Å²) in [6, 6.07) is 22.0. The Morgan fingerprint density at radius 1 is 0.967 bits per heavy atom. The highest BCUT2D eigenvalue weighted by atomic mass is 16.4. The molecule has 148 valence electrons. The van der Waals surface area contributed by atoms with Gasteiger partial charge in [-0.05, 0) is 54.1 Å². The van der Waals surface area contributed by atoms with Crippen molar-refractivity contribution in [1.29, 1.82) is 0 Å². The molecule has 5 heteroatoms. The van der Waals surface area contributed by atoms with Gasteiger partial charge < -0.3 is 14.3 Å². The van der Waals surface area contributed by atoms with Crippen LogP contribution in [0.4, 0.5) is 5.69 Å². The topological polar surface area (TPSA) is 54.2 Å². The number of aromatic nitrogens is 2. The van der Waals surface area contributed by atoms with Gasteiger partial charge in [0.15, 0.2) is 5.42 Å². The Morgan fingerprint density at radius 3 is 2.47 bits per heavy atom. The number of para-hydroxylation sites is 1. The molecule has 0 fully saturated rings. The molecular formula is C25H21N3O2. The SMILES string of the molecule is C=c1c(=Cc2ccc3[nH]c4ccccc4c3c2)oc(=O)n1-c1ccc(N(C)C)cc1. The predicted octanol–water partition coefficient (Wildman–Crippen LogP) is 3.37. The molecule has 0 amide bonds. The van der Waals surface area contributed by atoms with Crippen molar-refractivity contribution >= 4 is 40.1 Å². The normalized spacial score (nSPS) is 12.1. The number of nitrogens with one attached hydrogen (secondary N) is 1. The standard InChI is InChI=1S/C25H21N3O2/c1-16-24(30-25(29)28(16)19-11-9-18(10-12-19)27(2)3)15-17-8-13-23-21(14-17)20-6-4-5-7-22(20)26-23/h4-15,26H,1H2,2-3H3. The number of nitrogens with zero attached hydrogens (tertiary/aromatic N) is 2. The fraction of sp³-hybridized carbons (Fsp3) is 0.0800. The minimum Gasteiger partial charge on any atom is -0.407 e. The summed E-state index contributed by atoms with van der Waals surface area (Å²) in [6.07, 6.45) is 1.86. The smallest absolute Gasteiger partial charge is 0.407 e. The average molecular weight is 395 g/mol. The molecule has 0 aliphatic carbocycles. The predicted molar refractivity (Wildman–Crippen MR) is 123 cm³/mol. The lowest BCUT2D eigenvalue weighted by Crippen LogP contribution is -2.29. The van der Waals surface area contributed by atoms with Crippen LogP contribution in [0.3, 0.4) is 0 Å². The van der Waals surface area contributed by atoms with Gasteiger partial charge in [0, 0.05) is 41.6 Å². The third-order valence-corrected chi connectivity index (χ3v) is 5.39. The molecule has 0 saturated carbocycles. The molecule has 0 bridgehead atoms. The zero-order chi connectivity index (χ0) is 20.8. The van der Waals surface area contributed by atoms with E-state index in [0.717, 1.165) is 38.7 Å². The Bertz CT molecular complexity index is 1550. The summed E-state index contributed by atoms with van der Waals surface area (Å²) in [5, 5.41) is 2.82. The van der Waals surface area contributed by atoms with Gasteiger partial charge in [-0.2, -0.15) is 0 Å². The molecule has 5 aromatic rings. The molecule has 5 rings (SSSR count). The monoisotopic (exact) mass is 395 g/mol. The highest BCUT2D eigenvalue weighted by Crippen LogP contribution is 2.26. The van der Waals surface area contributed by atoms with Gasteiger partial charge in [-0.1, -0.05) is 30.8 Å². The number of fused-ring (bicyclic) bond motifs is 3. The number of H-pyrrole nitrogens is 1. The van der Waals surface area contributed by atoms with E-state index >= 15 is 0 Å². The fourth-order valence-electron chi connectivity index (χ4n) is 3.80. The lowest BCUT2D eigenvalue weighted by Gasteiger charge is -2.12. The number of benzene rings is 3. The van der Waals surface area contributed by atoms with Crippen molar-refractivity contribution in [1.82, 2.24) is 9.55 Å². The summed E-state index contributed by atoms with van der Waals surface area (Å²) < 4.78 is 7.03. The highest BCUT2D eigenvalue weighted by Gasteiger charge is 2.08. The first-order chi connectivity index (χ1) is 14.5. The quantitative estimate of drug-likeness (QED) is 0.510. The molecule has 1 N–H and O–H groups in total. The van der Waals surface area contributed by atoms with Crippen LogP contribution in [0.15, 0.2) is 75.9 Å². The molecule has 2 heterocycles. The van der Waals surface area contributed by atoms with E-state index in [0.29, 0.717) is 10.8 Å². The van der Waals surface area contributed by atoms with Crippen LogP contribution in [0.25, 0.3) is 40.1 Å². The Kier molecular flexibility index (Phi) is 4.10. The van der Waals surface area contributed by atoms with Crippen molar-refractivity contribution in [2.45, 2.75) is 0 Å². The van der Waals surface area contributed by atoms with E-state index in [9.17, 15) is 4.79 Å². The summed E-state index contributed by atoms with van der Waals surface area (Å²) >= 11 is 0. The molecule has 30 heavy (non-hydrogen) atoms. The molecule has 0 atom stereocenters. The van der Waals surface area contributed by atoms with E-state index < -0.39 is 5.76 Å². The lowest BCUT2D eigenvalue weighted by molar-refractivity contribution is 0.477. The van der Waals surface area contributed by atoms with Crippen LogP contribution in [0.5, 0.6) is 0 Å². The number of hydrogen-bond acceptors (Lipinski definition) is 3. The van der Waals surface area contributed by atoms with Gasteiger partial charge >= 0.3 is 5.76 Å². The molecule has 5 nitrogen and oxygen atoms in total. The van der Waals surface area contributed by atoms with E-state index in [2.05, 4.69) is 29.8 Å². The van der Waals surface area contributed by atoms with Crippen LogP contribution in [-0.4, -0.2) is 23.6 Å². The molecule has 0 aliphatic rings. The Balaban J connectivity index is 1.63. The van der Waals surface area contributed by atoms with E-state index in [1.165, 1.54) is 4.57 Å². The Morgan fingerprint density at radius 2 is 1.70 bits per heavy atom. The van der Waals surface area contributed by atoms with Gasteiger partial charge in [0.1, 0.15) is 0 Å². The van der Waals surface area contributed by atoms with Crippen LogP contribution in [0, 0.1) is 0 Å². The maximum absolute atomic E-state index is 12.5. The minimum absolute atomic E-state index is 0.447. The van der Waals surface area contributed by atoms with Crippen molar-refractivity contribution in [2.75, 3.05) is 19.0 Å². The Labute approximate surface area is 172 Å². The summed E-state index contributed by atoms with van der Waals surface area (Å²) in [5.41, 5.74) is 5.35. The number of anilines is 1. The van der Waals surface area contributed by atoms with Gasteiger partial charge in [0.25, 0.3) is 0 Å². The van der Waals surface area contributed by atoms with Gasteiger partial charge in [-0.3, -0.25) is 0 Å². The van der Waals surface area contributed by atoms with Crippen molar-refractivity contribution in [3.8, 4) is 5.69 Å². The summed E-state index contributed by atoms with van der Waals surface area (Å²) in [7, 11) is 3.95. The first-order valence-corrected chi connectivity index (χ1v) is 9.72. The first-order valence-electron chi connectivity index (χ1n) is 9.72. The minimum atomic E-state index is -0.447. The number of hydrogen-bond donors (Lipinski definition) is 1. The van der Waals surface area contributed by atoms with Crippen molar-refractivity contribution in [3.63, 3.8) is 0 Å². The van der Waals surface area contributed by atoms with Crippen LogP contribution in [-0.2, 0) is 0 Å². The summed E-state index contributed by atoms with van der Waals surface area (Å²) in [5.74, 6) is -0.447. The highest BCUT2D eigenvalue weighted by molar-refractivity contribution is 6.07. The van der Waals surface area contributed by atoms with Gasteiger partial charge in [0.05, 0.1) is 11.0 Å². The molecule has 2 aromatic heterocycles. The van der Waals surface area contributed by atoms with Gasteiger partial charge in [-0.25, -0.2) is 9.36 Å². The second-order valence-electron chi connectivity index (χ2n) is 7.55. The maximum atomic E-state index is 12.5. The van der Waals surface area contributed by atoms with Crippen LogP contribution >= 0.6 is 0 Å².